The van der Waals surface area contributed by atoms with E-state index in [1.165, 1.54) is 38.5 Å². The molecule has 3 aromatic rings. The fourth-order valence-electron chi connectivity index (χ4n) is 3.01. The molecule has 166 valence electrons. The lowest BCUT2D eigenvalue weighted by Crippen LogP contribution is -2.27. The van der Waals surface area contributed by atoms with Gasteiger partial charge < -0.3 is 15.5 Å². The number of carbonyl (C=O) groups excluding carboxylic acids is 1. The van der Waals surface area contributed by atoms with Crippen LogP contribution in [-0.2, 0) is 11.8 Å². The maximum Gasteiger partial charge on any atom is 0.405 e. The highest BCUT2D eigenvalue weighted by atomic mass is 16.6. The monoisotopic (exact) mass is 418 g/mol. The molecule has 1 aliphatic carbocycles. The standard InChI is InChI=1S/C10H9N5O.C6H12.C5H11NO2.H2/c1-14-5-7(4-12-14)8-6-15-9(2-3-11-15)10(16)13-8;1-2-4-6-5-3-1;1-5(2,3)8-4(6)7;/h2-6H,1H3,(H,13,16);1-6H2;1-3H3,(H2,6,7);1H. The fourth-order valence-corrected chi connectivity index (χ4v) is 3.01. The number of aryl methyl sites for hydroxylation is 1. The molecule has 0 bridgehead atoms. The summed E-state index contributed by atoms with van der Waals surface area (Å²) in [5, 5.41) is 8.10. The Hall–Kier alpha value is -3.10. The van der Waals surface area contributed by atoms with E-state index in [4.69, 9.17) is 5.73 Å². The molecule has 4 rings (SSSR count). The molecule has 0 atom stereocenters. The molecule has 0 aliphatic heterocycles. The van der Waals surface area contributed by atoms with Gasteiger partial charge in [0.25, 0.3) is 5.56 Å². The van der Waals surface area contributed by atoms with Crippen molar-refractivity contribution in [3.63, 3.8) is 0 Å². The van der Waals surface area contributed by atoms with Crippen molar-refractivity contribution in [1.29, 1.82) is 0 Å². The van der Waals surface area contributed by atoms with E-state index in [9.17, 15) is 9.59 Å². The highest BCUT2D eigenvalue weighted by molar-refractivity contribution is 5.65. The second kappa shape index (κ2) is 10.6. The maximum absolute atomic E-state index is 11.7. The number of nitrogens with zero attached hydrogens (tertiary/aromatic N) is 4. The van der Waals surface area contributed by atoms with Crippen LogP contribution in [0.3, 0.4) is 0 Å². The summed E-state index contributed by atoms with van der Waals surface area (Å²) in [6.45, 7) is 5.28. The average molecular weight is 419 g/mol. The van der Waals surface area contributed by atoms with Gasteiger partial charge in [-0.25, -0.2) is 9.31 Å². The normalized spacial score (nSPS) is 13.6. The molecule has 3 heterocycles. The molecular formula is C21H34N6O3. The van der Waals surface area contributed by atoms with Crippen LogP contribution < -0.4 is 11.3 Å². The number of primary amides is 1. The van der Waals surface area contributed by atoms with Gasteiger partial charge in [0, 0.05) is 20.2 Å². The first kappa shape index (κ1) is 23.2. The number of nitrogens with one attached hydrogen (secondary N) is 1. The van der Waals surface area contributed by atoms with Crippen LogP contribution in [0.5, 0.6) is 0 Å². The number of H-pyrrole nitrogens is 1. The second-order valence-corrected chi connectivity index (χ2v) is 8.22. The van der Waals surface area contributed by atoms with Crippen LogP contribution in [0.15, 0.2) is 35.6 Å². The van der Waals surface area contributed by atoms with E-state index in [1.54, 1.807) is 54.6 Å². The van der Waals surface area contributed by atoms with Crippen molar-refractivity contribution in [1.82, 2.24) is 24.4 Å². The van der Waals surface area contributed by atoms with Gasteiger partial charge in [-0.15, -0.1) is 0 Å². The summed E-state index contributed by atoms with van der Waals surface area (Å²) < 4.78 is 7.81. The van der Waals surface area contributed by atoms with Crippen molar-refractivity contribution in [3.05, 3.63) is 41.2 Å². The van der Waals surface area contributed by atoms with E-state index < -0.39 is 11.7 Å². The minimum Gasteiger partial charge on any atom is -0.444 e. The zero-order chi connectivity index (χ0) is 22.1. The SMILES string of the molecule is C1CCCCC1.CC(C)(C)OC(N)=O.Cn1cc(-c2cn3nccc3c(=O)[nH]2)cn1.[HH]. The quantitative estimate of drug-likeness (QED) is 0.621. The number of fused-ring (bicyclic) bond motifs is 1. The molecule has 3 N–H and O–H groups in total. The van der Waals surface area contributed by atoms with Gasteiger partial charge in [0.1, 0.15) is 11.1 Å². The maximum atomic E-state index is 11.7. The third-order valence-electron chi connectivity index (χ3n) is 4.33. The van der Waals surface area contributed by atoms with Gasteiger partial charge in [0.2, 0.25) is 0 Å². The van der Waals surface area contributed by atoms with Crippen molar-refractivity contribution in [3.8, 4) is 11.3 Å². The number of aromatic nitrogens is 5. The smallest absolute Gasteiger partial charge is 0.405 e. The first-order valence-corrected chi connectivity index (χ1v) is 10.2. The predicted octanol–water partition coefficient (Wildman–Crippen LogP) is 3.89. The van der Waals surface area contributed by atoms with E-state index in [-0.39, 0.29) is 6.99 Å². The van der Waals surface area contributed by atoms with Gasteiger partial charge in [0.15, 0.2) is 0 Å². The van der Waals surface area contributed by atoms with Crippen LogP contribution in [-0.4, -0.2) is 36.1 Å². The fraction of sp³-hybridized carbons (Fsp3) is 0.524. The Bertz CT molecular complexity index is 987. The highest BCUT2D eigenvalue weighted by Crippen LogP contribution is 2.15. The Morgan fingerprint density at radius 3 is 2.17 bits per heavy atom. The summed E-state index contributed by atoms with van der Waals surface area (Å²) >= 11 is 0. The van der Waals surface area contributed by atoms with Gasteiger partial charge in [-0.05, 0) is 26.8 Å². The van der Waals surface area contributed by atoms with Crippen molar-refractivity contribution in [2.24, 2.45) is 12.8 Å². The Labute approximate surface area is 177 Å². The van der Waals surface area contributed by atoms with Crippen LogP contribution in [0.1, 0.15) is 60.7 Å². The van der Waals surface area contributed by atoms with E-state index in [2.05, 4.69) is 19.9 Å². The number of carbonyl (C=O) groups is 1. The molecule has 30 heavy (non-hydrogen) atoms. The summed E-state index contributed by atoms with van der Waals surface area (Å²) in [6, 6.07) is 1.67. The zero-order valence-corrected chi connectivity index (χ0v) is 18.2. The second-order valence-electron chi connectivity index (χ2n) is 8.22. The number of ether oxygens (including phenoxy) is 1. The molecule has 3 aromatic heterocycles. The molecule has 0 unspecified atom stereocenters. The molecule has 1 aliphatic rings. The summed E-state index contributed by atoms with van der Waals surface area (Å²) in [4.78, 5) is 24.5. The number of amides is 1. The summed E-state index contributed by atoms with van der Waals surface area (Å²) in [7, 11) is 1.83. The summed E-state index contributed by atoms with van der Waals surface area (Å²) in [6.07, 6.45) is 15.2. The van der Waals surface area contributed by atoms with E-state index in [1.807, 2.05) is 13.2 Å². The first-order chi connectivity index (χ1) is 14.2. The van der Waals surface area contributed by atoms with E-state index in [0.29, 0.717) is 11.2 Å². The van der Waals surface area contributed by atoms with Crippen molar-refractivity contribution in [2.45, 2.75) is 64.9 Å². The number of nitrogens with two attached hydrogens (primary N) is 1. The average Bonchev–Trinajstić information content (AvgIpc) is 3.31. The number of hydrogen-bond acceptors (Lipinski definition) is 5. The molecule has 0 radical (unpaired) electrons. The lowest BCUT2D eigenvalue weighted by Gasteiger charge is -2.16. The molecule has 0 aromatic carbocycles. The van der Waals surface area contributed by atoms with Crippen molar-refractivity contribution < 1.29 is 11.0 Å². The van der Waals surface area contributed by atoms with Gasteiger partial charge in [-0.3, -0.25) is 9.48 Å². The van der Waals surface area contributed by atoms with Crippen LogP contribution in [0.4, 0.5) is 4.79 Å². The van der Waals surface area contributed by atoms with Crippen molar-refractivity contribution in [2.75, 3.05) is 0 Å². The molecule has 1 amide bonds. The summed E-state index contributed by atoms with van der Waals surface area (Å²) in [5.41, 5.74) is 6.21. The molecule has 9 nitrogen and oxygen atoms in total. The van der Waals surface area contributed by atoms with Crippen LogP contribution in [0.25, 0.3) is 16.8 Å². The molecule has 1 fully saturated rings. The minimum atomic E-state index is -0.725. The van der Waals surface area contributed by atoms with Gasteiger partial charge in [-0.2, -0.15) is 10.2 Å². The zero-order valence-electron chi connectivity index (χ0n) is 18.2. The number of aromatic amines is 1. The molecule has 9 heteroatoms. The summed E-state index contributed by atoms with van der Waals surface area (Å²) in [5.74, 6) is 0. The molecular weight excluding hydrogens is 384 g/mol. The van der Waals surface area contributed by atoms with Gasteiger partial charge in [0.05, 0.1) is 24.3 Å². The largest absolute Gasteiger partial charge is 0.444 e. The minimum absolute atomic E-state index is 0. The topological polar surface area (TPSA) is 120 Å². The molecule has 0 spiro atoms. The third-order valence-corrected chi connectivity index (χ3v) is 4.33. The van der Waals surface area contributed by atoms with Gasteiger partial charge in [-0.1, -0.05) is 38.5 Å². The third kappa shape index (κ3) is 7.73. The van der Waals surface area contributed by atoms with Crippen LogP contribution >= 0.6 is 0 Å². The van der Waals surface area contributed by atoms with Gasteiger partial charge >= 0.3 is 6.09 Å². The number of hydrogen-bond donors (Lipinski definition) is 2. The lowest BCUT2D eigenvalue weighted by molar-refractivity contribution is 0.0600. The first-order valence-electron chi connectivity index (χ1n) is 10.2. The van der Waals surface area contributed by atoms with E-state index in [0.717, 1.165) is 5.56 Å². The molecule has 1 saturated carbocycles. The van der Waals surface area contributed by atoms with Crippen LogP contribution in [0, 0.1) is 0 Å². The molecule has 0 saturated heterocycles. The lowest BCUT2D eigenvalue weighted by atomic mass is 10.0. The Kier molecular flexibility index (Phi) is 8.20. The van der Waals surface area contributed by atoms with Crippen molar-refractivity contribution >= 4 is 11.6 Å². The number of rotatable bonds is 1. The van der Waals surface area contributed by atoms with Crippen LogP contribution in [0.2, 0.25) is 0 Å². The van der Waals surface area contributed by atoms with E-state index >= 15 is 0 Å². The Balaban J connectivity index is 0.000000270. The highest BCUT2D eigenvalue weighted by Gasteiger charge is 2.12. The predicted molar refractivity (Wildman–Crippen MR) is 118 cm³/mol. The Morgan fingerprint density at radius 1 is 1.13 bits per heavy atom. The Morgan fingerprint density at radius 2 is 1.73 bits per heavy atom.